The number of carbonyl (C=O) groups excluding carboxylic acids is 1. The average Bonchev–Trinajstić information content (AvgIpc) is 3.13. The van der Waals surface area contributed by atoms with Crippen LogP contribution in [-0.2, 0) is 5.60 Å². The van der Waals surface area contributed by atoms with Gasteiger partial charge in [-0.1, -0.05) is 18.2 Å². The van der Waals surface area contributed by atoms with E-state index in [0.29, 0.717) is 5.69 Å². The molecule has 0 fully saturated rings. The van der Waals surface area contributed by atoms with Gasteiger partial charge in [-0.3, -0.25) is 4.79 Å². The van der Waals surface area contributed by atoms with Gasteiger partial charge in [-0.05, 0) is 41.4 Å². The van der Waals surface area contributed by atoms with Crippen molar-refractivity contribution in [3.05, 3.63) is 58.4 Å². The molecule has 0 aliphatic rings. The van der Waals surface area contributed by atoms with Crippen molar-refractivity contribution >= 4 is 28.1 Å². The van der Waals surface area contributed by atoms with E-state index in [9.17, 15) is 9.90 Å². The highest BCUT2D eigenvalue weighted by atomic mass is 32.1. The number of hydrogen-bond acceptors (Lipinski definition) is 3. The molecule has 1 unspecified atom stereocenters. The Balaban J connectivity index is 1.72. The molecule has 0 aliphatic heterocycles. The van der Waals surface area contributed by atoms with Crippen LogP contribution < -0.4 is 5.32 Å². The van der Waals surface area contributed by atoms with E-state index in [1.165, 1.54) is 11.3 Å². The fraction of sp³-hybridized carbons (Fsp3) is 0.188. The first kappa shape index (κ1) is 13.9. The first-order chi connectivity index (χ1) is 10.1. The normalized spacial score (nSPS) is 14.0. The molecule has 3 rings (SSSR count). The van der Waals surface area contributed by atoms with Crippen LogP contribution in [0.15, 0.2) is 47.2 Å². The van der Waals surface area contributed by atoms with Crippen LogP contribution in [0, 0.1) is 0 Å². The first-order valence-electron chi connectivity index (χ1n) is 6.67. The van der Waals surface area contributed by atoms with Crippen LogP contribution in [-0.4, -0.2) is 22.5 Å². The number of nitrogens with one attached hydrogen (secondary N) is 2. The highest BCUT2D eigenvalue weighted by Gasteiger charge is 2.24. The van der Waals surface area contributed by atoms with Gasteiger partial charge in [-0.2, -0.15) is 11.3 Å². The lowest BCUT2D eigenvalue weighted by Crippen LogP contribution is -2.38. The van der Waals surface area contributed by atoms with Crippen LogP contribution in [0.25, 0.3) is 10.9 Å². The van der Waals surface area contributed by atoms with Crippen LogP contribution in [0.2, 0.25) is 0 Å². The second-order valence-corrected chi connectivity index (χ2v) is 6.02. The van der Waals surface area contributed by atoms with Gasteiger partial charge < -0.3 is 15.4 Å². The number of para-hydroxylation sites is 1. The van der Waals surface area contributed by atoms with E-state index in [-0.39, 0.29) is 12.5 Å². The molecule has 1 atom stereocenters. The highest BCUT2D eigenvalue weighted by Crippen LogP contribution is 2.22. The number of benzene rings is 1. The van der Waals surface area contributed by atoms with E-state index in [1.54, 1.807) is 6.92 Å². The molecule has 4 nitrogen and oxygen atoms in total. The standard InChI is InChI=1S/C16H16N2O2S/c1-16(20,12-6-7-21-9-12)10-17-15(19)14-8-11-4-2-3-5-13(11)18-14/h2-9,18,20H,10H2,1H3,(H,17,19). The summed E-state index contributed by atoms with van der Waals surface area (Å²) in [6.07, 6.45) is 0. The van der Waals surface area contributed by atoms with Crippen molar-refractivity contribution in [2.45, 2.75) is 12.5 Å². The Labute approximate surface area is 126 Å². The van der Waals surface area contributed by atoms with Gasteiger partial charge in [0.15, 0.2) is 0 Å². The minimum atomic E-state index is -1.07. The summed E-state index contributed by atoms with van der Waals surface area (Å²) in [4.78, 5) is 15.3. The summed E-state index contributed by atoms with van der Waals surface area (Å²) in [6.45, 7) is 1.86. The van der Waals surface area contributed by atoms with Gasteiger partial charge in [0.25, 0.3) is 5.91 Å². The molecule has 0 radical (unpaired) electrons. The van der Waals surface area contributed by atoms with Crippen LogP contribution in [0.3, 0.4) is 0 Å². The molecular formula is C16H16N2O2S. The molecule has 3 aromatic rings. The Bertz CT molecular complexity index is 727. The van der Waals surface area contributed by atoms with Crippen LogP contribution in [0.1, 0.15) is 23.0 Å². The lowest BCUT2D eigenvalue weighted by Gasteiger charge is -2.22. The van der Waals surface area contributed by atoms with Crippen molar-refractivity contribution in [3.63, 3.8) is 0 Å². The maximum absolute atomic E-state index is 12.2. The molecule has 3 N–H and O–H groups in total. The monoisotopic (exact) mass is 300 g/mol. The number of aromatic nitrogens is 1. The maximum atomic E-state index is 12.2. The van der Waals surface area contributed by atoms with Gasteiger partial charge in [-0.25, -0.2) is 0 Å². The smallest absolute Gasteiger partial charge is 0.267 e. The summed E-state index contributed by atoms with van der Waals surface area (Å²) in [7, 11) is 0. The van der Waals surface area contributed by atoms with Crippen LogP contribution in [0.4, 0.5) is 0 Å². The van der Waals surface area contributed by atoms with Gasteiger partial charge in [0.2, 0.25) is 0 Å². The zero-order valence-electron chi connectivity index (χ0n) is 11.6. The third kappa shape index (κ3) is 2.84. The van der Waals surface area contributed by atoms with Crippen molar-refractivity contribution in [1.82, 2.24) is 10.3 Å². The molecule has 1 amide bonds. The summed E-state index contributed by atoms with van der Waals surface area (Å²) in [5.41, 5.74) is 1.16. The summed E-state index contributed by atoms with van der Waals surface area (Å²) in [6, 6.07) is 11.4. The van der Waals surface area contributed by atoms with Crippen molar-refractivity contribution in [1.29, 1.82) is 0 Å². The molecule has 108 valence electrons. The number of aliphatic hydroxyl groups is 1. The fourth-order valence-electron chi connectivity index (χ4n) is 2.22. The van der Waals surface area contributed by atoms with Gasteiger partial charge in [0.1, 0.15) is 11.3 Å². The van der Waals surface area contributed by atoms with E-state index in [1.807, 2.05) is 47.2 Å². The predicted molar refractivity (Wildman–Crippen MR) is 84.5 cm³/mol. The molecule has 0 aliphatic carbocycles. The van der Waals surface area contributed by atoms with Gasteiger partial charge in [0, 0.05) is 10.9 Å². The minimum absolute atomic E-state index is 0.165. The second-order valence-electron chi connectivity index (χ2n) is 5.24. The molecule has 21 heavy (non-hydrogen) atoms. The van der Waals surface area contributed by atoms with Crippen LogP contribution >= 0.6 is 11.3 Å². The van der Waals surface area contributed by atoms with Crippen molar-refractivity contribution < 1.29 is 9.90 Å². The summed E-state index contributed by atoms with van der Waals surface area (Å²) in [5, 5.41) is 17.9. The van der Waals surface area contributed by atoms with E-state index < -0.39 is 5.60 Å². The van der Waals surface area contributed by atoms with E-state index in [0.717, 1.165) is 16.5 Å². The topological polar surface area (TPSA) is 65.1 Å². The number of aromatic amines is 1. The maximum Gasteiger partial charge on any atom is 0.267 e. The molecule has 1 aromatic carbocycles. The molecule has 0 spiro atoms. The third-order valence-corrected chi connectivity index (χ3v) is 4.19. The summed E-state index contributed by atoms with van der Waals surface area (Å²) in [5.74, 6) is -0.221. The number of carbonyl (C=O) groups is 1. The van der Waals surface area contributed by atoms with E-state index >= 15 is 0 Å². The number of rotatable bonds is 4. The highest BCUT2D eigenvalue weighted by molar-refractivity contribution is 7.08. The summed E-state index contributed by atoms with van der Waals surface area (Å²) >= 11 is 1.52. The Morgan fingerprint density at radius 2 is 2.19 bits per heavy atom. The van der Waals surface area contributed by atoms with E-state index in [2.05, 4.69) is 10.3 Å². The molecule has 0 saturated carbocycles. The number of amides is 1. The van der Waals surface area contributed by atoms with Gasteiger partial charge in [-0.15, -0.1) is 0 Å². The Hall–Kier alpha value is -2.11. The van der Waals surface area contributed by atoms with Crippen molar-refractivity contribution in [2.75, 3.05) is 6.54 Å². The predicted octanol–water partition coefficient (Wildman–Crippen LogP) is 2.87. The molecule has 5 heteroatoms. The molecular weight excluding hydrogens is 284 g/mol. The second kappa shape index (κ2) is 5.35. The molecule has 0 saturated heterocycles. The summed E-state index contributed by atoms with van der Waals surface area (Å²) < 4.78 is 0. The van der Waals surface area contributed by atoms with Crippen LogP contribution in [0.5, 0.6) is 0 Å². The largest absolute Gasteiger partial charge is 0.384 e. The average molecular weight is 300 g/mol. The zero-order chi connectivity index (χ0) is 14.9. The molecule has 2 heterocycles. The minimum Gasteiger partial charge on any atom is -0.384 e. The molecule has 0 bridgehead atoms. The Kier molecular flexibility index (Phi) is 3.53. The van der Waals surface area contributed by atoms with E-state index in [4.69, 9.17) is 0 Å². The fourth-order valence-corrected chi connectivity index (χ4v) is 3.00. The number of H-pyrrole nitrogens is 1. The number of fused-ring (bicyclic) bond motifs is 1. The van der Waals surface area contributed by atoms with Crippen molar-refractivity contribution in [3.8, 4) is 0 Å². The lowest BCUT2D eigenvalue weighted by molar-refractivity contribution is 0.0529. The molecule has 2 aromatic heterocycles. The van der Waals surface area contributed by atoms with Gasteiger partial charge >= 0.3 is 0 Å². The SMILES string of the molecule is CC(O)(CNC(=O)c1cc2ccccc2[nH]1)c1ccsc1. The lowest BCUT2D eigenvalue weighted by atomic mass is 9.99. The zero-order valence-corrected chi connectivity index (χ0v) is 12.4. The Morgan fingerprint density at radius 3 is 2.90 bits per heavy atom. The third-order valence-electron chi connectivity index (χ3n) is 3.51. The first-order valence-corrected chi connectivity index (χ1v) is 7.61. The number of hydrogen-bond donors (Lipinski definition) is 3. The Morgan fingerprint density at radius 1 is 1.38 bits per heavy atom. The quantitative estimate of drug-likeness (QED) is 0.693. The van der Waals surface area contributed by atoms with Gasteiger partial charge in [0.05, 0.1) is 6.54 Å². The van der Waals surface area contributed by atoms with Crippen molar-refractivity contribution in [2.24, 2.45) is 0 Å². The number of thiophene rings is 1.